The topological polar surface area (TPSA) is 84.9 Å². The summed E-state index contributed by atoms with van der Waals surface area (Å²) in [7, 11) is 0. The van der Waals surface area contributed by atoms with Crippen LogP contribution in [-0.2, 0) is 28.9 Å². The largest absolute Gasteiger partial charge is 0.393 e. The van der Waals surface area contributed by atoms with E-state index in [1.165, 1.54) is 5.56 Å². The Bertz CT molecular complexity index is 773. The molecule has 0 saturated carbocycles. The predicted molar refractivity (Wildman–Crippen MR) is 112 cm³/mol. The van der Waals surface area contributed by atoms with Crippen LogP contribution in [0, 0.1) is 5.92 Å². The van der Waals surface area contributed by atoms with Crippen LogP contribution in [0.3, 0.4) is 0 Å². The zero-order valence-corrected chi connectivity index (χ0v) is 16.9. The normalized spacial score (nSPS) is 12.6. The fourth-order valence-corrected chi connectivity index (χ4v) is 3.02. The lowest BCUT2D eigenvalue weighted by atomic mass is 9.91. The van der Waals surface area contributed by atoms with Crippen LogP contribution in [0.2, 0.25) is 5.02 Å². The molecule has 2 rings (SSSR count). The molecular formula is C22H27ClN2O3. The van der Waals surface area contributed by atoms with E-state index in [4.69, 9.17) is 27.3 Å². The standard InChI is InChI=1S/C22H27ClN2O3/c1-2-16-3-5-17(6-4-16)13-19(22(24)25-28-12-11-26)15-21(27)14-18-7-9-20(23)10-8-18/h3-10,19,26H,2,11-15H2,1H3,(H2,24,25)/t19-/m1/s1. The maximum Gasteiger partial charge on any atom is 0.143 e. The quantitative estimate of drug-likeness (QED) is 0.260. The van der Waals surface area contributed by atoms with Gasteiger partial charge in [-0.25, -0.2) is 0 Å². The highest BCUT2D eigenvalue weighted by Crippen LogP contribution is 2.17. The highest BCUT2D eigenvalue weighted by molar-refractivity contribution is 6.30. The first-order valence-electron chi connectivity index (χ1n) is 9.42. The molecule has 0 radical (unpaired) electrons. The maximum absolute atomic E-state index is 12.6. The number of aliphatic hydroxyl groups excluding tert-OH is 1. The molecular weight excluding hydrogens is 376 g/mol. The van der Waals surface area contributed by atoms with E-state index in [2.05, 4.69) is 36.3 Å². The summed E-state index contributed by atoms with van der Waals surface area (Å²) in [6.07, 6.45) is 2.14. The Morgan fingerprint density at radius 2 is 1.71 bits per heavy atom. The molecule has 0 fully saturated rings. The molecule has 0 spiro atoms. The van der Waals surface area contributed by atoms with Crippen LogP contribution >= 0.6 is 11.6 Å². The van der Waals surface area contributed by atoms with E-state index >= 15 is 0 Å². The second-order valence-corrected chi connectivity index (χ2v) is 7.13. The molecule has 0 heterocycles. The molecule has 0 aliphatic rings. The summed E-state index contributed by atoms with van der Waals surface area (Å²) in [5.41, 5.74) is 9.35. The molecule has 2 aromatic rings. The lowest BCUT2D eigenvalue weighted by Crippen LogP contribution is -2.29. The number of rotatable bonds is 11. The molecule has 6 heteroatoms. The van der Waals surface area contributed by atoms with Gasteiger partial charge in [0, 0.05) is 23.8 Å². The Hall–Kier alpha value is -2.37. The van der Waals surface area contributed by atoms with E-state index in [-0.39, 0.29) is 37.2 Å². The summed E-state index contributed by atoms with van der Waals surface area (Å²) >= 11 is 5.90. The van der Waals surface area contributed by atoms with Crippen LogP contribution in [0.1, 0.15) is 30.0 Å². The van der Waals surface area contributed by atoms with Gasteiger partial charge in [0.15, 0.2) is 0 Å². The average molecular weight is 403 g/mol. The lowest BCUT2D eigenvalue weighted by Gasteiger charge is -2.16. The van der Waals surface area contributed by atoms with Crippen molar-refractivity contribution in [2.24, 2.45) is 16.8 Å². The number of ketones is 1. The SMILES string of the molecule is CCc1ccc(C[C@H](CC(=O)Cc2ccc(Cl)cc2)/C(N)=N/OCCO)cc1. The van der Waals surface area contributed by atoms with Crippen LogP contribution in [0.4, 0.5) is 0 Å². The summed E-state index contributed by atoms with van der Waals surface area (Å²) in [6, 6.07) is 15.5. The molecule has 0 aliphatic carbocycles. The van der Waals surface area contributed by atoms with Gasteiger partial charge in [-0.05, 0) is 41.7 Å². The summed E-state index contributed by atoms with van der Waals surface area (Å²) in [5, 5.41) is 13.4. The number of hydrogen-bond acceptors (Lipinski definition) is 4. The number of nitrogens with two attached hydrogens (primary N) is 1. The van der Waals surface area contributed by atoms with Crippen LogP contribution in [0.5, 0.6) is 0 Å². The highest BCUT2D eigenvalue weighted by Gasteiger charge is 2.20. The van der Waals surface area contributed by atoms with Gasteiger partial charge in [0.05, 0.1) is 6.61 Å². The highest BCUT2D eigenvalue weighted by atomic mass is 35.5. The molecule has 0 aliphatic heterocycles. The van der Waals surface area contributed by atoms with Gasteiger partial charge >= 0.3 is 0 Å². The molecule has 0 unspecified atom stereocenters. The first kappa shape index (κ1) is 21.9. The van der Waals surface area contributed by atoms with Gasteiger partial charge in [-0.1, -0.05) is 60.1 Å². The van der Waals surface area contributed by atoms with Gasteiger partial charge in [0.1, 0.15) is 18.2 Å². The number of benzene rings is 2. The van der Waals surface area contributed by atoms with Crippen LogP contribution in [0.15, 0.2) is 53.7 Å². The van der Waals surface area contributed by atoms with Crippen LogP contribution in [-0.4, -0.2) is 29.9 Å². The number of Topliss-reactive ketones (excluding diaryl/α,β-unsaturated/α-hetero) is 1. The second kappa shape index (κ2) is 11.5. The smallest absolute Gasteiger partial charge is 0.143 e. The van der Waals surface area contributed by atoms with Crippen molar-refractivity contribution in [3.63, 3.8) is 0 Å². The summed E-state index contributed by atoms with van der Waals surface area (Å²) < 4.78 is 0. The summed E-state index contributed by atoms with van der Waals surface area (Å²) in [4.78, 5) is 17.6. The Morgan fingerprint density at radius 1 is 1.11 bits per heavy atom. The van der Waals surface area contributed by atoms with Gasteiger partial charge < -0.3 is 15.7 Å². The number of oxime groups is 1. The third-order valence-corrected chi connectivity index (χ3v) is 4.72. The van der Waals surface area contributed by atoms with Gasteiger partial charge in [-0.2, -0.15) is 0 Å². The third-order valence-electron chi connectivity index (χ3n) is 4.47. The molecule has 5 nitrogen and oxygen atoms in total. The van der Waals surface area contributed by atoms with E-state index in [0.29, 0.717) is 17.9 Å². The molecule has 2 aromatic carbocycles. The van der Waals surface area contributed by atoms with Crippen molar-refractivity contribution < 1.29 is 14.7 Å². The van der Waals surface area contributed by atoms with Crippen molar-refractivity contribution in [3.05, 3.63) is 70.2 Å². The molecule has 0 saturated heterocycles. The number of carbonyl (C=O) groups excluding carboxylic acids is 1. The zero-order chi connectivity index (χ0) is 20.4. The Morgan fingerprint density at radius 3 is 2.32 bits per heavy atom. The number of nitrogens with zero attached hydrogens (tertiary/aromatic N) is 1. The zero-order valence-electron chi connectivity index (χ0n) is 16.1. The van der Waals surface area contributed by atoms with Crippen molar-refractivity contribution in [1.82, 2.24) is 0 Å². The van der Waals surface area contributed by atoms with E-state index in [9.17, 15) is 4.79 Å². The lowest BCUT2D eigenvalue weighted by molar-refractivity contribution is -0.118. The average Bonchev–Trinajstić information content (AvgIpc) is 2.70. The summed E-state index contributed by atoms with van der Waals surface area (Å²) in [5.74, 6) is 0.0567. The van der Waals surface area contributed by atoms with Crippen molar-refractivity contribution in [3.8, 4) is 0 Å². The first-order chi connectivity index (χ1) is 13.5. The van der Waals surface area contributed by atoms with Crippen molar-refractivity contribution in [2.75, 3.05) is 13.2 Å². The second-order valence-electron chi connectivity index (χ2n) is 6.69. The molecule has 0 aromatic heterocycles. The molecule has 1 atom stereocenters. The van der Waals surface area contributed by atoms with Gasteiger partial charge in [-0.3, -0.25) is 4.79 Å². The van der Waals surface area contributed by atoms with Crippen molar-refractivity contribution >= 4 is 23.2 Å². The van der Waals surface area contributed by atoms with Crippen LogP contribution < -0.4 is 5.73 Å². The number of halogens is 1. The van der Waals surface area contributed by atoms with Gasteiger partial charge in [0.25, 0.3) is 0 Å². The minimum absolute atomic E-state index is 0.0668. The fourth-order valence-electron chi connectivity index (χ4n) is 2.89. The number of aryl methyl sites for hydroxylation is 1. The minimum atomic E-state index is -0.272. The first-order valence-corrected chi connectivity index (χ1v) is 9.79. The van der Waals surface area contributed by atoms with E-state index < -0.39 is 0 Å². The Balaban J connectivity index is 2.08. The maximum atomic E-state index is 12.6. The molecule has 150 valence electrons. The monoisotopic (exact) mass is 402 g/mol. The number of amidine groups is 1. The Labute approximate surface area is 171 Å². The van der Waals surface area contributed by atoms with Gasteiger partial charge in [-0.15, -0.1) is 0 Å². The van der Waals surface area contributed by atoms with Crippen LogP contribution in [0.25, 0.3) is 0 Å². The molecule has 28 heavy (non-hydrogen) atoms. The minimum Gasteiger partial charge on any atom is -0.393 e. The predicted octanol–water partition coefficient (Wildman–Crippen LogP) is 3.54. The molecule has 0 amide bonds. The molecule has 3 N–H and O–H groups in total. The van der Waals surface area contributed by atoms with Gasteiger partial charge in [0.2, 0.25) is 0 Å². The van der Waals surface area contributed by atoms with E-state index in [1.807, 2.05) is 12.1 Å². The molecule has 0 bridgehead atoms. The van der Waals surface area contributed by atoms with Crippen molar-refractivity contribution in [1.29, 1.82) is 0 Å². The number of carbonyl (C=O) groups is 1. The van der Waals surface area contributed by atoms with E-state index in [0.717, 1.165) is 17.5 Å². The summed E-state index contributed by atoms with van der Waals surface area (Å²) in [6.45, 7) is 2.03. The number of hydrogen-bond donors (Lipinski definition) is 2. The fraction of sp³-hybridized carbons (Fsp3) is 0.364. The number of aliphatic hydroxyl groups is 1. The van der Waals surface area contributed by atoms with E-state index in [1.54, 1.807) is 12.1 Å². The Kier molecular flexibility index (Phi) is 8.98. The van der Waals surface area contributed by atoms with Crippen molar-refractivity contribution in [2.45, 2.75) is 32.6 Å². The third kappa shape index (κ3) is 7.33.